The van der Waals surface area contributed by atoms with Gasteiger partial charge in [-0.05, 0) is 42.2 Å². The number of para-hydroxylation sites is 1. The number of imide groups is 1. The molecule has 6 rings (SSSR count). The Balaban J connectivity index is 1.26. The van der Waals surface area contributed by atoms with E-state index in [1.54, 1.807) is 24.3 Å². The molecule has 6 atom stereocenters. The normalized spacial score (nSPS) is 37.0. The highest BCUT2D eigenvalue weighted by atomic mass is 16.5. The molecule has 5 heteroatoms. The van der Waals surface area contributed by atoms with Crippen molar-refractivity contribution >= 4 is 17.8 Å². The van der Waals surface area contributed by atoms with Gasteiger partial charge in [0.15, 0.2) is 0 Å². The molecular formula is C20H19NO4. The first-order valence-electron chi connectivity index (χ1n) is 8.94. The summed E-state index contributed by atoms with van der Waals surface area (Å²) in [5.74, 6) is 1.10. The van der Waals surface area contributed by atoms with Crippen molar-refractivity contribution in [3.8, 4) is 5.75 Å². The molecule has 1 aromatic rings. The minimum Gasteiger partial charge on any atom is -0.426 e. The average molecular weight is 337 g/mol. The number of amides is 2. The molecule has 5 nitrogen and oxygen atoms in total. The molecule has 3 fully saturated rings. The number of likely N-dealkylation sites (tertiary alicyclic amines) is 1. The van der Waals surface area contributed by atoms with E-state index >= 15 is 0 Å². The first-order valence-corrected chi connectivity index (χ1v) is 8.94. The Morgan fingerprint density at radius 3 is 2.20 bits per heavy atom. The predicted molar refractivity (Wildman–Crippen MR) is 88.1 cm³/mol. The van der Waals surface area contributed by atoms with Crippen molar-refractivity contribution in [3.63, 3.8) is 0 Å². The Labute approximate surface area is 145 Å². The quantitative estimate of drug-likeness (QED) is 0.365. The molecule has 1 aliphatic heterocycles. The smallest absolute Gasteiger partial charge is 0.312 e. The summed E-state index contributed by atoms with van der Waals surface area (Å²) in [5.41, 5.74) is 0. The number of rotatable bonds is 4. The Morgan fingerprint density at radius 1 is 1.00 bits per heavy atom. The highest BCUT2D eigenvalue weighted by molar-refractivity contribution is 6.06. The number of carbonyl (C=O) groups is 3. The van der Waals surface area contributed by atoms with Gasteiger partial charge in [0.25, 0.3) is 0 Å². The third kappa shape index (κ3) is 2.18. The van der Waals surface area contributed by atoms with E-state index in [4.69, 9.17) is 4.74 Å². The molecule has 1 aromatic carbocycles. The standard InChI is InChI=1S/C20H19NO4/c22-16(25-11-4-2-1-3-5-11)8-9-21-19(23)17-12-6-7-13(15-10-14(12)15)18(17)20(21)24/h1-7,12-15,17-18H,8-10H2/t12-,13-,14-,15+,17+,18+/m0/s1. The topological polar surface area (TPSA) is 63.7 Å². The van der Waals surface area contributed by atoms with Crippen molar-refractivity contribution < 1.29 is 19.1 Å². The molecule has 2 saturated carbocycles. The summed E-state index contributed by atoms with van der Waals surface area (Å²) >= 11 is 0. The van der Waals surface area contributed by atoms with Crippen molar-refractivity contribution in [2.45, 2.75) is 12.8 Å². The summed E-state index contributed by atoms with van der Waals surface area (Å²) < 4.78 is 5.24. The molecule has 0 N–H and O–H groups in total. The van der Waals surface area contributed by atoms with E-state index < -0.39 is 5.97 Å². The summed E-state index contributed by atoms with van der Waals surface area (Å²) in [4.78, 5) is 38.9. The first kappa shape index (κ1) is 14.9. The zero-order valence-corrected chi connectivity index (χ0v) is 13.7. The van der Waals surface area contributed by atoms with E-state index in [1.807, 2.05) is 6.07 Å². The third-order valence-corrected chi connectivity index (χ3v) is 6.27. The van der Waals surface area contributed by atoms with Crippen molar-refractivity contribution in [3.05, 3.63) is 42.5 Å². The highest BCUT2D eigenvalue weighted by Crippen LogP contribution is 2.65. The van der Waals surface area contributed by atoms with Crippen LogP contribution in [0.3, 0.4) is 0 Å². The third-order valence-electron chi connectivity index (χ3n) is 6.27. The van der Waals surface area contributed by atoms with E-state index in [0.29, 0.717) is 17.6 Å². The molecular weight excluding hydrogens is 318 g/mol. The van der Waals surface area contributed by atoms with E-state index in [-0.39, 0.29) is 48.5 Å². The Kier molecular flexibility index (Phi) is 3.14. The number of allylic oxidation sites excluding steroid dienone is 2. The molecule has 128 valence electrons. The van der Waals surface area contributed by atoms with Crippen molar-refractivity contribution in [1.29, 1.82) is 0 Å². The van der Waals surface area contributed by atoms with E-state index in [9.17, 15) is 14.4 Å². The summed E-state index contributed by atoms with van der Waals surface area (Å²) in [5, 5.41) is 0. The lowest BCUT2D eigenvalue weighted by atomic mass is 9.63. The fourth-order valence-electron chi connectivity index (χ4n) is 5.11. The van der Waals surface area contributed by atoms with Gasteiger partial charge in [0.2, 0.25) is 11.8 Å². The molecule has 25 heavy (non-hydrogen) atoms. The lowest BCUT2D eigenvalue weighted by Gasteiger charge is -2.37. The first-order chi connectivity index (χ1) is 12.1. The Morgan fingerprint density at radius 2 is 1.60 bits per heavy atom. The number of hydrogen-bond donors (Lipinski definition) is 0. The number of benzene rings is 1. The second-order valence-corrected chi connectivity index (χ2v) is 7.52. The second kappa shape index (κ2) is 5.28. The number of esters is 1. The van der Waals surface area contributed by atoms with Crippen molar-refractivity contribution in [2.75, 3.05) is 6.54 Å². The van der Waals surface area contributed by atoms with Gasteiger partial charge in [-0.3, -0.25) is 19.3 Å². The minimum atomic E-state index is -0.425. The zero-order valence-electron chi connectivity index (χ0n) is 13.7. The van der Waals surface area contributed by atoms with Crippen LogP contribution in [0, 0.1) is 35.5 Å². The van der Waals surface area contributed by atoms with Crippen LogP contribution in [0.2, 0.25) is 0 Å². The maximum atomic E-state index is 12.8. The van der Waals surface area contributed by atoms with Crippen LogP contribution in [-0.4, -0.2) is 29.2 Å². The summed E-state index contributed by atoms with van der Waals surface area (Å²) in [7, 11) is 0. The number of carbonyl (C=O) groups excluding carboxylic acids is 3. The minimum absolute atomic E-state index is 0.0292. The summed E-state index contributed by atoms with van der Waals surface area (Å²) in [6, 6.07) is 8.82. The van der Waals surface area contributed by atoms with Crippen LogP contribution in [0.1, 0.15) is 12.8 Å². The van der Waals surface area contributed by atoms with Crippen molar-refractivity contribution in [2.24, 2.45) is 35.5 Å². The lowest BCUT2D eigenvalue weighted by molar-refractivity contribution is -0.141. The largest absolute Gasteiger partial charge is 0.426 e. The zero-order chi connectivity index (χ0) is 17.1. The molecule has 5 aliphatic rings. The second-order valence-electron chi connectivity index (χ2n) is 7.52. The van der Waals surface area contributed by atoms with Gasteiger partial charge >= 0.3 is 5.97 Å². The Bertz CT molecular complexity index is 750. The average Bonchev–Trinajstić information content (AvgIpc) is 3.40. The van der Waals surface area contributed by atoms with Gasteiger partial charge in [0.1, 0.15) is 5.75 Å². The molecule has 2 amide bonds. The van der Waals surface area contributed by atoms with Gasteiger partial charge in [-0.25, -0.2) is 0 Å². The SMILES string of the molecule is O=C(CCN1C(=O)[C@@H]2[C@H]3C=C[C@@H]([C@@H]4C[C@H]34)[C@H]2C1=O)Oc1ccccc1. The highest BCUT2D eigenvalue weighted by Gasteiger charge is 2.66. The van der Waals surface area contributed by atoms with Crippen LogP contribution in [0.4, 0.5) is 0 Å². The van der Waals surface area contributed by atoms with Crippen LogP contribution in [0.5, 0.6) is 5.75 Å². The van der Waals surface area contributed by atoms with E-state index in [2.05, 4.69) is 12.2 Å². The number of hydrogen-bond acceptors (Lipinski definition) is 4. The maximum Gasteiger partial charge on any atom is 0.312 e. The van der Waals surface area contributed by atoms with Gasteiger partial charge in [0, 0.05) is 6.54 Å². The fourth-order valence-corrected chi connectivity index (χ4v) is 5.11. The van der Waals surface area contributed by atoms with Gasteiger partial charge < -0.3 is 4.74 Å². The summed E-state index contributed by atoms with van der Waals surface area (Å²) in [6.45, 7) is 0.116. The lowest BCUT2D eigenvalue weighted by Crippen LogP contribution is -2.40. The van der Waals surface area contributed by atoms with Crippen LogP contribution in [-0.2, 0) is 14.4 Å². The Hall–Kier alpha value is -2.43. The van der Waals surface area contributed by atoms with Gasteiger partial charge in [-0.15, -0.1) is 0 Å². The predicted octanol–water partition coefficient (Wildman–Crippen LogP) is 2.04. The molecule has 0 radical (unpaired) electrons. The molecule has 1 saturated heterocycles. The van der Waals surface area contributed by atoms with Crippen LogP contribution < -0.4 is 4.74 Å². The van der Waals surface area contributed by atoms with Crippen molar-refractivity contribution in [1.82, 2.24) is 4.90 Å². The maximum absolute atomic E-state index is 12.8. The molecule has 0 spiro atoms. The van der Waals surface area contributed by atoms with Crippen LogP contribution >= 0.6 is 0 Å². The monoisotopic (exact) mass is 337 g/mol. The van der Waals surface area contributed by atoms with E-state index in [1.165, 1.54) is 4.90 Å². The number of ether oxygens (including phenoxy) is 1. The molecule has 1 heterocycles. The van der Waals surface area contributed by atoms with E-state index in [0.717, 1.165) is 6.42 Å². The summed E-state index contributed by atoms with van der Waals surface area (Å²) in [6.07, 6.45) is 5.48. The molecule has 0 aromatic heterocycles. The molecule has 4 aliphatic carbocycles. The molecule has 0 unspecified atom stereocenters. The van der Waals surface area contributed by atoms with Crippen LogP contribution in [0.15, 0.2) is 42.5 Å². The van der Waals surface area contributed by atoms with Gasteiger partial charge in [0.05, 0.1) is 18.3 Å². The van der Waals surface area contributed by atoms with Gasteiger partial charge in [-0.2, -0.15) is 0 Å². The fraction of sp³-hybridized carbons (Fsp3) is 0.450. The number of nitrogens with zero attached hydrogens (tertiary/aromatic N) is 1. The molecule has 2 bridgehead atoms. The van der Waals surface area contributed by atoms with Gasteiger partial charge in [-0.1, -0.05) is 30.4 Å². The van der Waals surface area contributed by atoms with Crippen LogP contribution in [0.25, 0.3) is 0 Å².